The summed E-state index contributed by atoms with van der Waals surface area (Å²) in [5.41, 5.74) is 6.82. The van der Waals surface area contributed by atoms with Gasteiger partial charge < -0.3 is 4.74 Å². The molecular weight excluding hydrogens is 455 g/mol. The van der Waals surface area contributed by atoms with Gasteiger partial charge in [-0.1, -0.05) is 53.0 Å². The fraction of sp³-hybridized carbons (Fsp3) is 0.0435. The van der Waals surface area contributed by atoms with Crippen LogP contribution in [-0.2, 0) is 0 Å². The van der Waals surface area contributed by atoms with Crippen molar-refractivity contribution in [3.8, 4) is 22.7 Å². The van der Waals surface area contributed by atoms with Crippen LogP contribution in [0.1, 0.15) is 5.56 Å². The van der Waals surface area contributed by atoms with Gasteiger partial charge in [0.2, 0.25) is 0 Å². The average Bonchev–Trinajstić information content (AvgIpc) is 3.20. The average molecular weight is 472 g/mol. The van der Waals surface area contributed by atoms with E-state index in [2.05, 4.69) is 10.5 Å². The summed E-state index contributed by atoms with van der Waals surface area (Å²) >= 11 is 18.4. The molecule has 1 heterocycles. The third-order valence-corrected chi connectivity index (χ3v) is 5.33. The Kier molecular flexibility index (Phi) is 6.47. The molecule has 1 aromatic heterocycles. The molecule has 0 radical (unpaired) electrons. The molecule has 4 aromatic rings. The zero-order chi connectivity index (χ0) is 21.8. The molecule has 5 nitrogen and oxygen atoms in total. The van der Waals surface area contributed by atoms with Gasteiger partial charge in [-0.3, -0.25) is 5.43 Å². The van der Waals surface area contributed by atoms with Crippen molar-refractivity contribution in [1.82, 2.24) is 9.78 Å². The molecule has 0 unspecified atom stereocenters. The second kappa shape index (κ2) is 9.43. The number of aromatic nitrogens is 2. The predicted molar refractivity (Wildman–Crippen MR) is 128 cm³/mol. The molecule has 1 N–H and O–H groups in total. The standard InChI is InChI=1S/C23H17Cl3N4O/c1-31-19-9-7-15(8-10-19)22-16(14-30(29-22)18-5-3-2-4-6-18)13-27-28-23-20(25)11-17(24)12-21(23)26/h2-14,28H,1H3. The van der Waals surface area contributed by atoms with Crippen molar-refractivity contribution in [1.29, 1.82) is 0 Å². The summed E-state index contributed by atoms with van der Waals surface area (Å²) in [5.74, 6) is 0.773. The lowest BCUT2D eigenvalue weighted by Crippen LogP contribution is -1.94. The lowest BCUT2D eigenvalue weighted by molar-refractivity contribution is 0.415. The van der Waals surface area contributed by atoms with Gasteiger partial charge in [0.05, 0.1) is 34.7 Å². The first-order chi connectivity index (χ1) is 15.0. The van der Waals surface area contributed by atoms with Crippen LogP contribution in [0, 0.1) is 0 Å². The van der Waals surface area contributed by atoms with Crippen LogP contribution < -0.4 is 10.2 Å². The van der Waals surface area contributed by atoms with E-state index in [1.165, 1.54) is 0 Å². The highest BCUT2D eigenvalue weighted by Crippen LogP contribution is 2.33. The summed E-state index contributed by atoms with van der Waals surface area (Å²) in [4.78, 5) is 0. The Morgan fingerprint density at radius 1 is 0.968 bits per heavy atom. The Bertz CT molecular complexity index is 1200. The Balaban J connectivity index is 1.70. The van der Waals surface area contributed by atoms with Crippen LogP contribution in [0.3, 0.4) is 0 Å². The fourth-order valence-electron chi connectivity index (χ4n) is 2.98. The molecule has 4 rings (SSSR count). The smallest absolute Gasteiger partial charge is 0.118 e. The molecule has 8 heteroatoms. The lowest BCUT2D eigenvalue weighted by Gasteiger charge is -2.06. The normalized spacial score (nSPS) is 11.1. The molecule has 0 aliphatic heterocycles. The maximum absolute atomic E-state index is 6.22. The van der Waals surface area contributed by atoms with Gasteiger partial charge >= 0.3 is 0 Å². The SMILES string of the molecule is COc1ccc(-c2nn(-c3ccccc3)cc2C=NNc2c(Cl)cc(Cl)cc2Cl)cc1. The van der Waals surface area contributed by atoms with E-state index in [1.807, 2.05) is 65.5 Å². The highest BCUT2D eigenvalue weighted by molar-refractivity contribution is 6.41. The number of halogens is 3. The van der Waals surface area contributed by atoms with Crippen molar-refractivity contribution in [3.05, 3.63) is 93.6 Å². The number of hydrogen-bond donors (Lipinski definition) is 1. The summed E-state index contributed by atoms with van der Waals surface area (Å²) in [6.07, 6.45) is 3.58. The maximum atomic E-state index is 6.22. The van der Waals surface area contributed by atoms with Crippen molar-refractivity contribution in [2.24, 2.45) is 5.10 Å². The molecule has 0 spiro atoms. The number of para-hydroxylation sites is 1. The molecule has 0 fully saturated rings. The second-order valence-electron chi connectivity index (χ2n) is 6.56. The number of hydrazone groups is 1. The molecule has 0 saturated heterocycles. The molecule has 0 saturated carbocycles. The van der Waals surface area contributed by atoms with E-state index in [0.717, 1.165) is 28.3 Å². The first-order valence-corrected chi connectivity index (χ1v) is 10.4. The summed E-state index contributed by atoms with van der Waals surface area (Å²) in [5, 5.41) is 10.3. The van der Waals surface area contributed by atoms with Gasteiger partial charge in [-0.05, 0) is 48.5 Å². The van der Waals surface area contributed by atoms with E-state index in [0.29, 0.717) is 20.8 Å². The van der Waals surface area contributed by atoms with E-state index in [4.69, 9.17) is 44.6 Å². The van der Waals surface area contributed by atoms with Crippen molar-refractivity contribution in [2.75, 3.05) is 12.5 Å². The van der Waals surface area contributed by atoms with E-state index < -0.39 is 0 Å². The molecular formula is C23H17Cl3N4O. The zero-order valence-electron chi connectivity index (χ0n) is 16.4. The second-order valence-corrected chi connectivity index (χ2v) is 7.81. The van der Waals surface area contributed by atoms with Gasteiger partial charge in [-0.25, -0.2) is 4.68 Å². The maximum Gasteiger partial charge on any atom is 0.118 e. The molecule has 0 aliphatic carbocycles. The molecule has 0 atom stereocenters. The van der Waals surface area contributed by atoms with Crippen molar-refractivity contribution in [3.63, 3.8) is 0 Å². The van der Waals surface area contributed by atoms with Crippen LogP contribution in [0.4, 0.5) is 5.69 Å². The minimum absolute atomic E-state index is 0.380. The number of rotatable bonds is 6. The number of methoxy groups -OCH3 is 1. The fourth-order valence-corrected chi connectivity index (χ4v) is 3.88. The third kappa shape index (κ3) is 4.85. The van der Waals surface area contributed by atoms with E-state index in [1.54, 1.807) is 25.5 Å². The van der Waals surface area contributed by atoms with Crippen LogP contribution in [0.5, 0.6) is 5.75 Å². The van der Waals surface area contributed by atoms with Gasteiger partial charge in [0.15, 0.2) is 0 Å². The minimum atomic E-state index is 0.380. The molecule has 0 amide bonds. The van der Waals surface area contributed by atoms with Crippen molar-refractivity contribution >= 4 is 46.7 Å². The number of anilines is 1. The number of nitrogens with zero attached hydrogens (tertiary/aromatic N) is 3. The quantitative estimate of drug-likeness (QED) is 0.244. The number of ether oxygens (including phenoxy) is 1. The van der Waals surface area contributed by atoms with Gasteiger partial charge in [0.1, 0.15) is 11.4 Å². The number of hydrogen-bond acceptors (Lipinski definition) is 4. The Morgan fingerprint density at radius 2 is 1.65 bits per heavy atom. The van der Waals surface area contributed by atoms with Gasteiger partial charge in [0, 0.05) is 22.3 Å². The van der Waals surface area contributed by atoms with Crippen LogP contribution in [0.2, 0.25) is 15.1 Å². The highest BCUT2D eigenvalue weighted by Gasteiger charge is 2.12. The Labute approximate surface area is 194 Å². The molecule has 31 heavy (non-hydrogen) atoms. The first kappa shape index (κ1) is 21.2. The monoisotopic (exact) mass is 470 g/mol. The van der Waals surface area contributed by atoms with E-state index >= 15 is 0 Å². The third-order valence-electron chi connectivity index (χ3n) is 4.51. The minimum Gasteiger partial charge on any atom is -0.497 e. The van der Waals surface area contributed by atoms with Crippen LogP contribution in [0.15, 0.2) is 78.0 Å². The van der Waals surface area contributed by atoms with Gasteiger partial charge in [-0.2, -0.15) is 10.2 Å². The Morgan fingerprint density at radius 3 is 2.29 bits per heavy atom. The van der Waals surface area contributed by atoms with Gasteiger partial charge in [0.25, 0.3) is 0 Å². The molecule has 0 bridgehead atoms. The number of benzene rings is 3. The summed E-state index contributed by atoms with van der Waals surface area (Å²) in [7, 11) is 1.63. The van der Waals surface area contributed by atoms with E-state index in [9.17, 15) is 0 Å². The summed E-state index contributed by atoms with van der Waals surface area (Å²) < 4.78 is 7.07. The number of nitrogens with one attached hydrogen (secondary N) is 1. The summed E-state index contributed by atoms with van der Waals surface area (Å²) in [6, 6.07) is 20.7. The Hall–Kier alpha value is -2.99. The molecule has 156 valence electrons. The van der Waals surface area contributed by atoms with E-state index in [-0.39, 0.29) is 0 Å². The van der Waals surface area contributed by atoms with Gasteiger partial charge in [-0.15, -0.1) is 0 Å². The summed E-state index contributed by atoms with van der Waals surface area (Å²) in [6.45, 7) is 0. The van der Waals surface area contributed by atoms with Crippen LogP contribution in [0.25, 0.3) is 16.9 Å². The molecule has 3 aromatic carbocycles. The van der Waals surface area contributed by atoms with Crippen molar-refractivity contribution in [2.45, 2.75) is 0 Å². The lowest BCUT2D eigenvalue weighted by atomic mass is 10.1. The highest BCUT2D eigenvalue weighted by atomic mass is 35.5. The topological polar surface area (TPSA) is 51.4 Å². The van der Waals surface area contributed by atoms with Crippen LogP contribution >= 0.6 is 34.8 Å². The van der Waals surface area contributed by atoms with Crippen LogP contribution in [-0.4, -0.2) is 23.1 Å². The largest absolute Gasteiger partial charge is 0.497 e. The first-order valence-electron chi connectivity index (χ1n) is 9.28. The molecule has 0 aliphatic rings. The predicted octanol–water partition coefficient (Wildman–Crippen LogP) is 6.95. The zero-order valence-corrected chi connectivity index (χ0v) is 18.7. The van der Waals surface area contributed by atoms with Crippen molar-refractivity contribution < 1.29 is 4.74 Å².